The third-order valence-corrected chi connectivity index (χ3v) is 6.05. The van der Waals surface area contributed by atoms with Gasteiger partial charge in [-0.3, -0.25) is 14.6 Å². The van der Waals surface area contributed by atoms with Crippen molar-refractivity contribution in [1.82, 2.24) is 4.90 Å². The van der Waals surface area contributed by atoms with Gasteiger partial charge in [0.05, 0.1) is 18.3 Å². The van der Waals surface area contributed by atoms with E-state index in [1.54, 1.807) is 14.0 Å². The number of hydrogen-bond donors (Lipinski definition) is 3. The monoisotopic (exact) mass is 514 g/mol. The molecule has 0 aromatic rings. The number of carboxylic acids is 2. The molecule has 3 N–H and O–H groups in total. The Balaban J connectivity index is 3.98. The second-order valence-electron chi connectivity index (χ2n) is 9.69. The number of carbonyl (C=O) groups is 2. The Morgan fingerprint density at radius 1 is 1.00 bits per heavy atom. The lowest BCUT2D eigenvalue weighted by atomic mass is 9.94. The van der Waals surface area contributed by atoms with E-state index in [9.17, 15) is 14.7 Å². The number of ether oxygens (including phenoxy) is 2. The Hall–Kier alpha value is -1.97. The molecule has 0 fully saturated rings. The first-order valence-electron chi connectivity index (χ1n) is 13.2. The van der Waals surface area contributed by atoms with Gasteiger partial charge in [-0.05, 0) is 97.0 Å². The van der Waals surface area contributed by atoms with Gasteiger partial charge in [-0.2, -0.15) is 0 Å². The normalized spacial score (nSPS) is 14.1. The Labute approximate surface area is 217 Å². The van der Waals surface area contributed by atoms with Crippen molar-refractivity contribution in [1.29, 1.82) is 0 Å². The number of aliphatic hydroxyl groups is 1. The maximum Gasteiger partial charge on any atom is 0.304 e. The van der Waals surface area contributed by atoms with Crippen LogP contribution in [0.1, 0.15) is 77.6 Å². The standard InChI is InChI=1S/C27H50N2O7/c1-22(30)21-36-23(2)25(20-27(33)34)13-8-15-28-14-6-5-7-16-29(3)17-9-11-24(19-26(31)32)12-10-18-35-4/h14,22,24-25,30H,2,5-13,15-21H2,1,3-4H3,(H,31,32)(H,33,34). The highest BCUT2D eigenvalue weighted by molar-refractivity contribution is 5.67. The number of nitrogens with zero attached hydrogens (tertiary/aromatic N) is 2. The van der Waals surface area contributed by atoms with Gasteiger partial charge in [0.25, 0.3) is 0 Å². The lowest BCUT2D eigenvalue weighted by Gasteiger charge is -2.19. The average molecular weight is 515 g/mol. The molecule has 0 aliphatic heterocycles. The number of allylic oxidation sites excluding steroid dienone is 1. The molecular weight excluding hydrogens is 464 g/mol. The summed E-state index contributed by atoms with van der Waals surface area (Å²) in [5, 5.41) is 27.5. The van der Waals surface area contributed by atoms with E-state index < -0.39 is 18.0 Å². The van der Waals surface area contributed by atoms with Crippen LogP contribution in [0.2, 0.25) is 0 Å². The highest BCUT2D eigenvalue weighted by Crippen LogP contribution is 2.21. The van der Waals surface area contributed by atoms with Gasteiger partial charge in [-0.1, -0.05) is 6.58 Å². The molecule has 0 aromatic heterocycles. The summed E-state index contributed by atoms with van der Waals surface area (Å²) >= 11 is 0. The second kappa shape index (κ2) is 22.2. The van der Waals surface area contributed by atoms with Crippen LogP contribution in [0.25, 0.3) is 0 Å². The molecule has 0 heterocycles. The SMILES string of the molecule is C=C(OCC(C)O)C(CCCN=CCCCCN(C)CCCC(CCCOC)CC(=O)O)CC(=O)O. The third kappa shape index (κ3) is 21.3. The van der Waals surface area contributed by atoms with Gasteiger partial charge >= 0.3 is 11.9 Å². The van der Waals surface area contributed by atoms with E-state index in [1.807, 2.05) is 6.21 Å². The summed E-state index contributed by atoms with van der Waals surface area (Å²) in [6.07, 6.45) is 9.69. The Bertz CT molecular complexity index is 625. The second-order valence-corrected chi connectivity index (χ2v) is 9.69. The molecule has 0 aromatic carbocycles. The van der Waals surface area contributed by atoms with Crippen molar-refractivity contribution in [3.63, 3.8) is 0 Å². The van der Waals surface area contributed by atoms with Crippen LogP contribution in [0.5, 0.6) is 0 Å². The van der Waals surface area contributed by atoms with E-state index in [4.69, 9.17) is 19.7 Å². The van der Waals surface area contributed by atoms with Crippen molar-refractivity contribution < 1.29 is 34.4 Å². The average Bonchev–Trinajstić information content (AvgIpc) is 2.80. The Morgan fingerprint density at radius 2 is 1.67 bits per heavy atom. The van der Waals surface area contributed by atoms with Crippen molar-refractivity contribution in [2.24, 2.45) is 16.8 Å². The lowest BCUT2D eigenvalue weighted by Crippen LogP contribution is -2.22. The quantitative estimate of drug-likeness (QED) is 0.0937. The van der Waals surface area contributed by atoms with E-state index in [1.165, 1.54) is 0 Å². The van der Waals surface area contributed by atoms with Crippen LogP contribution < -0.4 is 0 Å². The van der Waals surface area contributed by atoms with Crippen LogP contribution in [0, 0.1) is 11.8 Å². The van der Waals surface area contributed by atoms with Crippen LogP contribution in [-0.4, -0.2) is 91.5 Å². The molecule has 0 spiro atoms. The molecule has 0 radical (unpaired) electrons. The number of unbranched alkanes of at least 4 members (excludes halogenated alkanes) is 2. The minimum Gasteiger partial charge on any atom is -0.496 e. The molecule has 210 valence electrons. The van der Waals surface area contributed by atoms with E-state index in [2.05, 4.69) is 23.5 Å². The molecule has 0 saturated heterocycles. The van der Waals surface area contributed by atoms with Crippen LogP contribution in [-0.2, 0) is 19.1 Å². The maximum absolute atomic E-state index is 11.1. The van der Waals surface area contributed by atoms with E-state index in [0.717, 1.165) is 64.5 Å². The van der Waals surface area contributed by atoms with Crippen molar-refractivity contribution >= 4 is 18.2 Å². The summed E-state index contributed by atoms with van der Waals surface area (Å²) in [6, 6.07) is 0. The minimum atomic E-state index is -0.891. The van der Waals surface area contributed by atoms with Crippen molar-refractivity contribution in [3.05, 3.63) is 12.3 Å². The first kappa shape index (κ1) is 34.0. The van der Waals surface area contributed by atoms with Crippen LogP contribution in [0.4, 0.5) is 0 Å². The molecule has 0 bridgehead atoms. The van der Waals surface area contributed by atoms with Gasteiger partial charge < -0.3 is 29.7 Å². The number of aliphatic carboxylic acids is 2. The Kier molecular flexibility index (Phi) is 21.0. The highest BCUT2D eigenvalue weighted by atomic mass is 16.5. The molecule has 0 aliphatic carbocycles. The maximum atomic E-state index is 11.1. The van der Waals surface area contributed by atoms with Crippen molar-refractivity contribution in [2.75, 3.05) is 47.0 Å². The van der Waals surface area contributed by atoms with Gasteiger partial charge in [0.15, 0.2) is 0 Å². The van der Waals surface area contributed by atoms with E-state index >= 15 is 0 Å². The molecule has 0 amide bonds. The molecule has 36 heavy (non-hydrogen) atoms. The van der Waals surface area contributed by atoms with Crippen LogP contribution in [0.3, 0.4) is 0 Å². The third-order valence-electron chi connectivity index (χ3n) is 6.05. The topological polar surface area (TPSA) is 129 Å². The fourth-order valence-electron chi connectivity index (χ4n) is 4.04. The summed E-state index contributed by atoms with van der Waals surface area (Å²) in [4.78, 5) is 28.9. The van der Waals surface area contributed by atoms with E-state index in [-0.39, 0.29) is 31.3 Å². The highest BCUT2D eigenvalue weighted by Gasteiger charge is 2.18. The predicted molar refractivity (Wildman–Crippen MR) is 143 cm³/mol. The summed E-state index contributed by atoms with van der Waals surface area (Å²) in [5.74, 6) is -1.26. The minimum absolute atomic E-state index is 0.0378. The lowest BCUT2D eigenvalue weighted by molar-refractivity contribution is -0.139. The first-order valence-corrected chi connectivity index (χ1v) is 13.2. The zero-order valence-electron chi connectivity index (χ0n) is 22.7. The smallest absolute Gasteiger partial charge is 0.304 e. The van der Waals surface area contributed by atoms with Gasteiger partial charge in [-0.15, -0.1) is 0 Å². The number of carboxylic acid groups (broad SMARTS) is 2. The van der Waals surface area contributed by atoms with Crippen LogP contribution >= 0.6 is 0 Å². The number of hydrogen-bond acceptors (Lipinski definition) is 7. The molecule has 3 unspecified atom stereocenters. The summed E-state index contributed by atoms with van der Waals surface area (Å²) in [6.45, 7) is 8.85. The molecule has 0 saturated carbocycles. The number of aliphatic imine (C=N–C) groups is 1. The summed E-state index contributed by atoms with van der Waals surface area (Å²) in [5.41, 5.74) is 0. The fourth-order valence-corrected chi connectivity index (χ4v) is 4.04. The molecule has 0 rings (SSSR count). The number of methoxy groups -OCH3 is 1. The fraction of sp³-hybridized carbons (Fsp3) is 0.815. The van der Waals surface area contributed by atoms with Crippen molar-refractivity contribution in [2.45, 2.75) is 83.7 Å². The zero-order valence-corrected chi connectivity index (χ0v) is 22.7. The first-order chi connectivity index (χ1) is 17.1. The predicted octanol–water partition coefficient (Wildman–Crippen LogP) is 4.24. The summed E-state index contributed by atoms with van der Waals surface area (Å²) in [7, 11) is 3.78. The number of rotatable bonds is 25. The summed E-state index contributed by atoms with van der Waals surface area (Å²) < 4.78 is 10.5. The van der Waals surface area contributed by atoms with Crippen molar-refractivity contribution in [3.8, 4) is 0 Å². The molecule has 0 aliphatic rings. The molecular formula is C27H50N2O7. The van der Waals surface area contributed by atoms with Gasteiger partial charge in [0.2, 0.25) is 0 Å². The molecule has 9 heteroatoms. The van der Waals surface area contributed by atoms with Crippen LogP contribution in [0.15, 0.2) is 17.3 Å². The van der Waals surface area contributed by atoms with Gasteiger partial charge in [-0.25, -0.2) is 0 Å². The van der Waals surface area contributed by atoms with Gasteiger partial charge in [0, 0.05) is 32.6 Å². The molecule has 3 atom stereocenters. The largest absolute Gasteiger partial charge is 0.496 e. The Morgan fingerprint density at radius 3 is 2.31 bits per heavy atom. The van der Waals surface area contributed by atoms with E-state index in [0.29, 0.717) is 25.3 Å². The number of aliphatic hydroxyl groups excluding tert-OH is 1. The van der Waals surface area contributed by atoms with Gasteiger partial charge in [0.1, 0.15) is 6.61 Å². The molecule has 9 nitrogen and oxygen atoms in total. The zero-order chi connectivity index (χ0) is 27.2.